The van der Waals surface area contributed by atoms with Crippen LogP contribution in [0.5, 0.6) is 0 Å². The van der Waals surface area contributed by atoms with Crippen LogP contribution in [0.3, 0.4) is 0 Å². The van der Waals surface area contributed by atoms with Crippen molar-refractivity contribution in [1.29, 1.82) is 0 Å². The third-order valence-corrected chi connectivity index (χ3v) is 4.94. The van der Waals surface area contributed by atoms with Gasteiger partial charge in [0.25, 0.3) is 5.91 Å². The Kier molecular flexibility index (Phi) is 4.50. The van der Waals surface area contributed by atoms with Gasteiger partial charge in [0.05, 0.1) is 5.69 Å². The summed E-state index contributed by atoms with van der Waals surface area (Å²) in [7, 11) is 0. The van der Waals surface area contributed by atoms with Crippen molar-refractivity contribution in [1.82, 2.24) is 14.7 Å². The molecule has 2 heterocycles. The third-order valence-electron chi connectivity index (χ3n) is 4.10. The zero-order valence-corrected chi connectivity index (χ0v) is 14.7. The van der Waals surface area contributed by atoms with E-state index in [1.807, 2.05) is 47.0 Å². The fourth-order valence-corrected chi connectivity index (χ4v) is 3.65. The highest BCUT2D eigenvalue weighted by atomic mass is 32.1. The average Bonchev–Trinajstić information content (AvgIpc) is 3.23. The Labute approximate surface area is 153 Å². The van der Waals surface area contributed by atoms with Gasteiger partial charge in [-0.1, -0.05) is 42.5 Å². The molecule has 1 N–H and O–H groups in total. The number of hydrogen-bond donors (Lipinski definition) is 1. The Morgan fingerprint density at radius 2 is 2.00 bits per heavy atom. The molecule has 0 radical (unpaired) electrons. The average molecular weight is 365 g/mol. The molecule has 4 nitrogen and oxygen atoms in total. The smallest absolute Gasteiger partial charge is 0.269 e. The van der Waals surface area contributed by atoms with E-state index in [0.29, 0.717) is 18.7 Å². The molecule has 6 heteroatoms. The van der Waals surface area contributed by atoms with Gasteiger partial charge >= 0.3 is 0 Å². The van der Waals surface area contributed by atoms with E-state index in [2.05, 4.69) is 10.3 Å². The lowest BCUT2D eigenvalue weighted by atomic mass is 10.1. The van der Waals surface area contributed by atoms with Crippen LogP contribution < -0.4 is 5.32 Å². The molecule has 0 saturated heterocycles. The number of halogens is 1. The predicted molar refractivity (Wildman–Crippen MR) is 101 cm³/mol. The van der Waals surface area contributed by atoms with Crippen LogP contribution in [0.1, 0.15) is 16.1 Å². The van der Waals surface area contributed by atoms with Gasteiger partial charge in [0.1, 0.15) is 11.5 Å². The molecule has 2 aromatic carbocycles. The number of nitrogens with one attached hydrogen (secondary N) is 1. The summed E-state index contributed by atoms with van der Waals surface area (Å²) in [6, 6.07) is 16.3. The minimum atomic E-state index is -0.264. The number of carbonyl (C=O) groups excluding carboxylic acids is 1. The number of fused-ring (bicyclic) bond motifs is 1. The van der Waals surface area contributed by atoms with Gasteiger partial charge in [-0.25, -0.2) is 9.37 Å². The minimum Gasteiger partial charge on any atom is -0.350 e. The predicted octanol–water partition coefficient (Wildman–Crippen LogP) is 4.17. The first-order valence-electron chi connectivity index (χ1n) is 8.25. The number of aromatic nitrogens is 2. The van der Waals surface area contributed by atoms with Gasteiger partial charge in [-0.2, -0.15) is 0 Å². The first-order chi connectivity index (χ1) is 12.7. The largest absolute Gasteiger partial charge is 0.350 e. The monoisotopic (exact) mass is 365 g/mol. The summed E-state index contributed by atoms with van der Waals surface area (Å²) in [5.41, 5.74) is 3.26. The number of amides is 1. The maximum Gasteiger partial charge on any atom is 0.269 e. The first kappa shape index (κ1) is 16.5. The van der Waals surface area contributed by atoms with Crippen molar-refractivity contribution >= 4 is 22.2 Å². The number of nitrogens with zero attached hydrogens (tertiary/aromatic N) is 2. The van der Waals surface area contributed by atoms with Crippen LogP contribution in [-0.4, -0.2) is 21.8 Å². The highest BCUT2D eigenvalue weighted by Gasteiger charge is 2.14. The van der Waals surface area contributed by atoms with Gasteiger partial charge in [-0.15, -0.1) is 11.3 Å². The second-order valence-corrected chi connectivity index (χ2v) is 6.74. The van der Waals surface area contributed by atoms with Crippen molar-refractivity contribution in [2.75, 3.05) is 6.54 Å². The fraction of sp³-hybridized carbons (Fsp3) is 0.100. The van der Waals surface area contributed by atoms with E-state index in [1.165, 1.54) is 23.5 Å². The van der Waals surface area contributed by atoms with E-state index >= 15 is 0 Å². The van der Waals surface area contributed by atoms with Gasteiger partial charge < -0.3 is 5.32 Å². The molecule has 0 atom stereocenters. The summed E-state index contributed by atoms with van der Waals surface area (Å²) >= 11 is 1.43. The van der Waals surface area contributed by atoms with Crippen molar-refractivity contribution in [3.63, 3.8) is 0 Å². The standard InChI is InChI=1S/C20H16FN3OS/c21-16-8-4-5-14(11-16)9-10-22-19(25)18-13-26-20-23-17(12-24(18)20)15-6-2-1-3-7-15/h1-8,11-13H,9-10H2,(H,22,25). The molecule has 4 rings (SSSR count). The van der Waals surface area contributed by atoms with Gasteiger partial charge in [-0.3, -0.25) is 9.20 Å². The number of carbonyl (C=O) groups is 1. The maximum absolute atomic E-state index is 13.2. The van der Waals surface area contributed by atoms with Gasteiger partial charge in [0.15, 0.2) is 4.96 Å². The third kappa shape index (κ3) is 3.36. The van der Waals surface area contributed by atoms with Crippen LogP contribution in [0, 0.1) is 5.82 Å². The first-order valence-corrected chi connectivity index (χ1v) is 9.13. The number of thiazole rings is 1. The maximum atomic E-state index is 13.2. The molecule has 0 bridgehead atoms. The van der Waals surface area contributed by atoms with Crippen LogP contribution in [-0.2, 0) is 6.42 Å². The lowest BCUT2D eigenvalue weighted by molar-refractivity contribution is 0.0948. The quantitative estimate of drug-likeness (QED) is 0.577. The van der Waals surface area contributed by atoms with Crippen LogP contribution in [0.15, 0.2) is 66.2 Å². The second-order valence-electron chi connectivity index (χ2n) is 5.90. The molecule has 0 unspecified atom stereocenters. The summed E-state index contributed by atoms with van der Waals surface area (Å²) in [4.78, 5) is 17.9. The lowest BCUT2D eigenvalue weighted by Gasteiger charge is -2.05. The Hall–Kier alpha value is -2.99. The molecule has 0 aliphatic heterocycles. The van der Waals surface area contributed by atoms with Crippen LogP contribution >= 0.6 is 11.3 Å². The number of rotatable bonds is 5. The number of benzene rings is 2. The Bertz CT molecular complexity index is 1060. The molecule has 26 heavy (non-hydrogen) atoms. The van der Waals surface area contributed by atoms with Crippen molar-refractivity contribution in [2.45, 2.75) is 6.42 Å². The van der Waals surface area contributed by atoms with E-state index in [1.54, 1.807) is 11.4 Å². The molecule has 0 spiro atoms. The highest BCUT2D eigenvalue weighted by Crippen LogP contribution is 2.23. The SMILES string of the molecule is O=C(NCCc1cccc(F)c1)c1csc2nc(-c3ccccc3)cn12. The summed E-state index contributed by atoms with van der Waals surface area (Å²) < 4.78 is 15.0. The molecule has 4 aromatic rings. The van der Waals surface area contributed by atoms with Crippen molar-refractivity contribution in [3.8, 4) is 11.3 Å². The molecular formula is C20H16FN3OS. The van der Waals surface area contributed by atoms with Crippen molar-refractivity contribution < 1.29 is 9.18 Å². The molecule has 130 valence electrons. The highest BCUT2D eigenvalue weighted by molar-refractivity contribution is 7.15. The zero-order valence-electron chi connectivity index (χ0n) is 13.9. The van der Waals surface area contributed by atoms with E-state index in [9.17, 15) is 9.18 Å². The molecule has 0 aliphatic carbocycles. The van der Waals surface area contributed by atoms with E-state index < -0.39 is 0 Å². The topological polar surface area (TPSA) is 46.4 Å². The summed E-state index contributed by atoms with van der Waals surface area (Å²) in [5.74, 6) is -0.426. The van der Waals surface area contributed by atoms with E-state index in [4.69, 9.17) is 0 Å². The molecule has 1 amide bonds. The second kappa shape index (κ2) is 7.09. The Morgan fingerprint density at radius 3 is 2.81 bits per heavy atom. The van der Waals surface area contributed by atoms with Gasteiger partial charge in [-0.05, 0) is 24.1 Å². The normalized spacial score (nSPS) is 11.0. The van der Waals surface area contributed by atoms with Crippen LogP contribution in [0.25, 0.3) is 16.2 Å². The van der Waals surface area contributed by atoms with Crippen LogP contribution in [0.4, 0.5) is 4.39 Å². The summed E-state index contributed by atoms with van der Waals surface area (Å²) in [6.45, 7) is 0.444. The van der Waals surface area contributed by atoms with E-state index in [-0.39, 0.29) is 11.7 Å². The Balaban J connectivity index is 1.47. The zero-order chi connectivity index (χ0) is 17.9. The lowest BCUT2D eigenvalue weighted by Crippen LogP contribution is -2.26. The van der Waals surface area contributed by atoms with Gasteiger partial charge in [0.2, 0.25) is 0 Å². The molecule has 0 saturated carbocycles. The van der Waals surface area contributed by atoms with Crippen molar-refractivity contribution in [2.24, 2.45) is 0 Å². The van der Waals surface area contributed by atoms with Crippen molar-refractivity contribution in [3.05, 3.63) is 83.2 Å². The molecule has 2 aromatic heterocycles. The van der Waals surface area contributed by atoms with Crippen LogP contribution in [0.2, 0.25) is 0 Å². The fourth-order valence-electron chi connectivity index (χ4n) is 2.80. The minimum absolute atomic E-state index is 0.162. The Morgan fingerprint density at radius 1 is 1.15 bits per heavy atom. The van der Waals surface area contributed by atoms with E-state index in [0.717, 1.165) is 21.8 Å². The summed E-state index contributed by atoms with van der Waals surface area (Å²) in [6.07, 6.45) is 2.46. The molecular weight excluding hydrogens is 349 g/mol. The molecule has 0 aliphatic rings. The number of hydrogen-bond acceptors (Lipinski definition) is 3. The molecule has 0 fully saturated rings. The van der Waals surface area contributed by atoms with Gasteiger partial charge in [0, 0.05) is 23.7 Å². The number of imidazole rings is 1. The summed E-state index contributed by atoms with van der Waals surface area (Å²) in [5, 5.41) is 4.69.